The summed E-state index contributed by atoms with van der Waals surface area (Å²) in [5.41, 5.74) is 0. The molecule has 2 radical (unpaired) electrons. The Kier molecular flexibility index (Phi) is 68.1. The van der Waals surface area contributed by atoms with Crippen LogP contribution in [-0.4, -0.2) is 44.1 Å². The maximum Gasteiger partial charge on any atom is 3.00 e. The van der Waals surface area contributed by atoms with E-state index in [2.05, 4.69) is 57.2 Å². The fourth-order valence-corrected chi connectivity index (χ4v) is 7.02. The Morgan fingerprint density at radius 3 is 0.574 bits per heavy atom. The summed E-state index contributed by atoms with van der Waals surface area (Å²) in [5.74, 6) is -2.74. The molecule has 7 heteroatoms. The molecule has 0 aromatic rings. The van der Waals surface area contributed by atoms with E-state index in [9.17, 15) is 29.7 Å². The monoisotopic (exact) mass is 1050 g/mol. The SMILES string of the molecule is CCCCCCCCC=CCCCCCCCC(=O)[O-].CCCCCCCCC=CCCCCCCCC(=O)[O-].CCCCCCCCC=CCCCCCCCC(=O)[O-].[Bi+3]. The molecule has 0 aromatic heterocycles. The summed E-state index contributed by atoms with van der Waals surface area (Å²) in [6.45, 7) is 6.77. The Labute approximate surface area is 398 Å². The quantitative estimate of drug-likeness (QED) is 0.0340. The van der Waals surface area contributed by atoms with Crippen LogP contribution in [0.3, 0.4) is 0 Å². The van der Waals surface area contributed by atoms with Crippen LogP contribution < -0.4 is 15.3 Å². The summed E-state index contributed by atoms with van der Waals surface area (Å²) in [5, 5.41) is 30.6. The number of carbonyl (C=O) groups is 3. The Balaban J connectivity index is -0.000000396. The van der Waals surface area contributed by atoms with Gasteiger partial charge in [-0.3, -0.25) is 0 Å². The number of carboxylic acids is 3. The fraction of sp³-hybridized carbons (Fsp3) is 0.833. The van der Waals surface area contributed by atoms with Gasteiger partial charge in [0.15, 0.2) is 0 Å². The zero-order chi connectivity index (χ0) is 44.7. The predicted molar refractivity (Wildman–Crippen MR) is 259 cm³/mol. The maximum atomic E-state index is 10.2. The van der Waals surface area contributed by atoms with Crippen LogP contribution in [0.5, 0.6) is 0 Å². The molecule has 0 aliphatic carbocycles. The van der Waals surface area contributed by atoms with E-state index < -0.39 is 17.9 Å². The minimum atomic E-state index is -0.914. The molecule has 0 N–H and O–H groups in total. The van der Waals surface area contributed by atoms with Gasteiger partial charge < -0.3 is 29.7 Å². The number of unbranched alkanes of at least 4 members (excludes halogenated alkanes) is 33. The normalized spacial score (nSPS) is 11.1. The largest absolute Gasteiger partial charge is 3.00 e. The van der Waals surface area contributed by atoms with E-state index in [4.69, 9.17) is 0 Å². The van der Waals surface area contributed by atoms with Gasteiger partial charge >= 0.3 is 26.2 Å². The van der Waals surface area contributed by atoms with Crippen molar-refractivity contribution in [2.75, 3.05) is 0 Å². The van der Waals surface area contributed by atoms with Crippen LogP contribution in [-0.2, 0) is 14.4 Å². The van der Waals surface area contributed by atoms with Crippen LogP contribution in [0.25, 0.3) is 0 Å². The molecular weight excluding hydrogens is 954 g/mol. The molecule has 0 saturated heterocycles. The van der Waals surface area contributed by atoms with E-state index in [-0.39, 0.29) is 45.5 Å². The molecule has 6 nitrogen and oxygen atoms in total. The smallest absolute Gasteiger partial charge is 0.550 e. The van der Waals surface area contributed by atoms with Crippen LogP contribution in [0.2, 0.25) is 0 Å². The van der Waals surface area contributed by atoms with Gasteiger partial charge in [0.25, 0.3) is 0 Å². The summed E-state index contributed by atoms with van der Waals surface area (Å²) in [7, 11) is 0. The third kappa shape index (κ3) is 76.2. The molecule has 0 aliphatic rings. The van der Waals surface area contributed by atoms with E-state index >= 15 is 0 Å². The van der Waals surface area contributed by atoms with E-state index in [1.807, 2.05) is 0 Å². The first kappa shape index (κ1) is 66.1. The van der Waals surface area contributed by atoms with Crippen molar-refractivity contribution < 1.29 is 29.7 Å². The number of carboxylic acid groups (broad SMARTS) is 3. The number of hydrogen-bond acceptors (Lipinski definition) is 6. The number of aliphatic carboxylic acids is 3. The molecule has 61 heavy (non-hydrogen) atoms. The van der Waals surface area contributed by atoms with Gasteiger partial charge in [-0.2, -0.15) is 0 Å². The second-order valence-corrected chi connectivity index (χ2v) is 17.1. The molecule has 0 saturated carbocycles. The average molecular weight is 1050 g/mol. The summed E-state index contributed by atoms with van der Waals surface area (Å²) < 4.78 is 0. The minimum Gasteiger partial charge on any atom is -0.550 e. The van der Waals surface area contributed by atoms with Gasteiger partial charge in [-0.05, 0) is 116 Å². The Hall–Kier alpha value is -1.49. The third-order valence-corrected chi connectivity index (χ3v) is 10.9. The number of carbonyl (C=O) groups excluding carboxylic acids is 3. The van der Waals surface area contributed by atoms with Crippen LogP contribution in [0.1, 0.15) is 290 Å². The van der Waals surface area contributed by atoms with Crippen molar-refractivity contribution in [3.63, 3.8) is 0 Å². The van der Waals surface area contributed by atoms with Crippen LogP contribution in [0, 0.1) is 0 Å². The Morgan fingerprint density at radius 1 is 0.262 bits per heavy atom. The van der Waals surface area contributed by atoms with Gasteiger partial charge in [0.2, 0.25) is 0 Å². The number of rotatable bonds is 45. The van der Waals surface area contributed by atoms with Crippen LogP contribution in [0.4, 0.5) is 0 Å². The first-order valence-electron chi connectivity index (χ1n) is 25.9. The molecule has 0 atom stereocenters. The number of hydrogen-bond donors (Lipinski definition) is 0. The van der Waals surface area contributed by atoms with Crippen LogP contribution >= 0.6 is 0 Å². The third-order valence-electron chi connectivity index (χ3n) is 10.9. The zero-order valence-corrected chi connectivity index (χ0v) is 44.0. The van der Waals surface area contributed by atoms with Crippen molar-refractivity contribution in [2.45, 2.75) is 290 Å². The average Bonchev–Trinajstić information content (AvgIpc) is 3.22. The maximum absolute atomic E-state index is 10.2. The summed E-state index contributed by atoms with van der Waals surface area (Å²) >= 11 is 0. The van der Waals surface area contributed by atoms with Gasteiger partial charge in [0.05, 0.1) is 0 Å². The van der Waals surface area contributed by atoms with Crippen molar-refractivity contribution in [3.05, 3.63) is 36.5 Å². The Bertz CT molecular complexity index is 827. The van der Waals surface area contributed by atoms with Crippen molar-refractivity contribution in [2.24, 2.45) is 0 Å². The molecule has 0 aliphatic heterocycles. The van der Waals surface area contributed by atoms with Gasteiger partial charge in [0.1, 0.15) is 0 Å². The summed E-state index contributed by atoms with van der Waals surface area (Å²) in [6, 6.07) is 0. The van der Waals surface area contributed by atoms with E-state index in [0.29, 0.717) is 0 Å². The molecule has 0 unspecified atom stereocenters. The van der Waals surface area contributed by atoms with Gasteiger partial charge in [-0.15, -0.1) is 0 Å². The molecule has 0 bridgehead atoms. The van der Waals surface area contributed by atoms with Gasteiger partial charge in [-0.25, -0.2) is 0 Å². The molecule has 0 rings (SSSR count). The van der Waals surface area contributed by atoms with Crippen molar-refractivity contribution >= 4 is 44.1 Å². The van der Waals surface area contributed by atoms with E-state index in [1.165, 1.54) is 193 Å². The first-order valence-corrected chi connectivity index (χ1v) is 25.9. The minimum absolute atomic E-state index is 0. The second-order valence-electron chi connectivity index (χ2n) is 17.1. The topological polar surface area (TPSA) is 120 Å². The first-order chi connectivity index (χ1) is 29.3. The van der Waals surface area contributed by atoms with Gasteiger partial charge in [-0.1, -0.05) is 211 Å². The van der Waals surface area contributed by atoms with Crippen molar-refractivity contribution in [1.82, 2.24) is 0 Å². The summed E-state index contributed by atoms with van der Waals surface area (Å²) in [6.07, 6.45) is 62.7. The van der Waals surface area contributed by atoms with E-state index in [0.717, 1.165) is 57.8 Å². The molecule has 0 aromatic carbocycles. The molecule has 0 spiro atoms. The van der Waals surface area contributed by atoms with Crippen LogP contribution in [0.15, 0.2) is 36.5 Å². The Morgan fingerprint density at radius 2 is 0.410 bits per heavy atom. The van der Waals surface area contributed by atoms with E-state index in [1.54, 1.807) is 0 Å². The van der Waals surface area contributed by atoms with Gasteiger partial charge in [0, 0.05) is 17.9 Å². The van der Waals surface area contributed by atoms with Crippen molar-refractivity contribution in [3.8, 4) is 0 Å². The molecule has 0 heterocycles. The molecule has 0 fully saturated rings. The zero-order valence-electron chi connectivity index (χ0n) is 40.6. The predicted octanol–water partition coefficient (Wildman–Crippen LogP) is 13.9. The fourth-order valence-electron chi connectivity index (χ4n) is 7.02. The second kappa shape index (κ2) is 62.8. The van der Waals surface area contributed by atoms with Crippen molar-refractivity contribution in [1.29, 1.82) is 0 Å². The molecule has 0 amide bonds. The summed E-state index contributed by atoms with van der Waals surface area (Å²) in [4.78, 5) is 30.6. The molecule has 356 valence electrons. The standard InChI is InChI=1S/3C18H34O2.Bi/c3*1-2-3-4-5-6-7-8-9-10-11-12-13-14-15-16-17-18(19)20;/h3*9-10H,2-8,11-17H2,1H3,(H,19,20);/q;;;+3/p-3. The number of allylic oxidation sites excluding steroid dienone is 6. The molecular formula is C54H99BiO6.